The molecule has 2 heterocycles. The van der Waals surface area contributed by atoms with Crippen LogP contribution in [-0.2, 0) is 4.74 Å². The Balaban J connectivity index is 1.70. The van der Waals surface area contributed by atoms with E-state index in [9.17, 15) is 4.79 Å². The molecule has 1 saturated heterocycles. The average molecular weight is 333 g/mol. The van der Waals surface area contributed by atoms with E-state index in [2.05, 4.69) is 15.6 Å². The number of nitrogens with one attached hydrogen (secondary N) is 2. The fourth-order valence-corrected chi connectivity index (χ4v) is 2.46. The molecule has 1 aromatic heterocycles. The van der Waals surface area contributed by atoms with E-state index in [0.29, 0.717) is 48.6 Å². The standard InChI is InChI=1S/C13H18Cl2N4O2/c1-9-8-19(4-5-21-9)13(20)17-3-2-16-12-11(15)6-10(14)7-18-12/h6-7,9H,2-5,8H2,1H3,(H,16,18)(H,17,20). The Morgan fingerprint density at radius 1 is 1.52 bits per heavy atom. The van der Waals surface area contributed by atoms with E-state index in [0.717, 1.165) is 0 Å². The van der Waals surface area contributed by atoms with Crippen molar-refractivity contribution in [2.24, 2.45) is 0 Å². The number of hydrogen-bond acceptors (Lipinski definition) is 4. The number of aromatic nitrogens is 1. The second-order valence-corrected chi connectivity index (χ2v) is 5.61. The van der Waals surface area contributed by atoms with Gasteiger partial charge in [0.1, 0.15) is 5.82 Å². The third-order valence-electron chi connectivity index (χ3n) is 3.03. The number of halogens is 2. The minimum Gasteiger partial charge on any atom is -0.375 e. The van der Waals surface area contributed by atoms with Gasteiger partial charge in [-0.05, 0) is 13.0 Å². The third kappa shape index (κ3) is 4.91. The van der Waals surface area contributed by atoms with Crippen molar-refractivity contribution in [2.75, 3.05) is 38.1 Å². The van der Waals surface area contributed by atoms with Crippen LogP contribution in [0.1, 0.15) is 6.92 Å². The molecule has 0 aromatic carbocycles. The molecule has 1 unspecified atom stereocenters. The number of carbonyl (C=O) groups is 1. The number of urea groups is 1. The van der Waals surface area contributed by atoms with Crippen LogP contribution in [-0.4, -0.2) is 54.8 Å². The number of nitrogens with zero attached hydrogens (tertiary/aromatic N) is 2. The van der Waals surface area contributed by atoms with E-state index in [1.807, 2.05) is 6.92 Å². The first-order valence-electron chi connectivity index (χ1n) is 6.75. The number of ether oxygens (including phenoxy) is 1. The molecule has 1 aromatic rings. The van der Waals surface area contributed by atoms with Gasteiger partial charge in [0.05, 0.1) is 22.8 Å². The Morgan fingerprint density at radius 3 is 3.05 bits per heavy atom. The van der Waals surface area contributed by atoms with Crippen molar-refractivity contribution in [3.05, 3.63) is 22.3 Å². The van der Waals surface area contributed by atoms with Crippen molar-refractivity contribution >= 4 is 35.1 Å². The molecule has 0 spiro atoms. The molecule has 0 aliphatic carbocycles. The van der Waals surface area contributed by atoms with Gasteiger partial charge in [0, 0.05) is 32.4 Å². The van der Waals surface area contributed by atoms with Crippen molar-refractivity contribution in [2.45, 2.75) is 13.0 Å². The maximum absolute atomic E-state index is 11.9. The highest BCUT2D eigenvalue weighted by Crippen LogP contribution is 2.21. The normalized spacial score (nSPS) is 18.4. The smallest absolute Gasteiger partial charge is 0.317 e. The monoisotopic (exact) mass is 332 g/mol. The SMILES string of the molecule is CC1CN(C(=O)NCCNc2ncc(Cl)cc2Cl)CCO1. The zero-order chi connectivity index (χ0) is 15.2. The van der Waals surface area contributed by atoms with E-state index >= 15 is 0 Å². The minimum absolute atomic E-state index is 0.0814. The number of morpholine rings is 1. The predicted octanol–water partition coefficient (Wildman–Crippen LogP) is 2.23. The minimum atomic E-state index is -0.0814. The van der Waals surface area contributed by atoms with Crippen molar-refractivity contribution in [1.29, 1.82) is 0 Å². The first-order chi connectivity index (χ1) is 10.1. The van der Waals surface area contributed by atoms with E-state index in [1.165, 1.54) is 6.20 Å². The molecule has 2 N–H and O–H groups in total. The van der Waals surface area contributed by atoms with Crippen molar-refractivity contribution in [3.63, 3.8) is 0 Å². The zero-order valence-corrected chi connectivity index (χ0v) is 13.2. The number of carbonyl (C=O) groups excluding carboxylic acids is 1. The Labute approximate surface area is 133 Å². The maximum Gasteiger partial charge on any atom is 0.317 e. The Morgan fingerprint density at radius 2 is 2.33 bits per heavy atom. The van der Waals surface area contributed by atoms with Crippen molar-refractivity contribution in [3.8, 4) is 0 Å². The molecule has 0 radical (unpaired) electrons. The molecule has 116 valence electrons. The summed E-state index contributed by atoms with van der Waals surface area (Å²) in [4.78, 5) is 17.8. The van der Waals surface area contributed by atoms with E-state index in [-0.39, 0.29) is 12.1 Å². The second kappa shape index (κ2) is 7.68. The highest BCUT2D eigenvalue weighted by molar-refractivity contribution is 6.35. The fourth-order valence-electron chi connectivity index (χ4n) is 2.01. The molecule has 2 amide bonds. The Bertz CT molecular complexity index is 501. The molecule has 1 aliphatic rings. The predicted molar refractivity (Wildman–Crippen MR) is 83.1 cm³/mol. The lowest BCUT2D eigenvalue weighted by molar-refractivity contribution is -0.00340. The number of anilines is 1. The highest BCUT2D eigenvalue weighted by atomic mass is 35.5. The van der Waals surface area contributed by atoms with E-state index < -0.39 is 0 Å². The van der Waals surface area contributed by atoms with E-state index in [4.69, 9.17) is 27.9 Å². The summed E-state index contributed by atoms with van der Waals surface area (Å²) in [5.41, 5.74) is 0. The molecule has 0 saturated carbocycles. The van der Waals surface area contributed by atoms with Crippen molar-refractivity contribution < 1.29 is 9.53 Å². The summed E-state index contributed by atoms with van der Waals surface area (Å²) >= 11 is 11.8. The molecule has 1 atom stereocenters. The summed E-state index contributed by atoms with van der Waals surface area (Å²) in [6.07, 6.45) is 1.60. The first kappa shape index (κ1) is 16.1. The van der Waals surface area contributed by atoms with Gasteiger partial charge >= 0.3 is 6.03 Å². The molecule has 2 rings (SSSR count). The van der Waals surface area contributed by atoms with Crippen LogP contribution in [0.3, 0.4) is 0 Å². The molecular formula is C13H18Cl2N4O2. The summed E-state index contributed by atoms with van der Waals surface area (Å²) in [5, 5.41) is 6.83. The molecular weight excluding hydrogens is 315 g/mol. The summed E-state index contributed by atoms with van der Waals surface area (Å²) in [5.74, 6) is 0.551. The van der Waals surface area contributed by atoms with Crippen LogP contribution in [0.4, 0.5) is 10.6 Å². The van der Waals surface area contributed by atoms with Crippen LogP contribution in [0.2, 0.25) is 10.0 Å². The Hall–Kier alpha value is -1.24. The third-order valence-corrected chi connectivity index (χ3v) is 3.52. The van der Waals surface area contributed by atoms with Crippen LogP contribution in [0.5, 0.6) is 0 Å². The number of hydrogen-bond donors (Lipinski definition) is 2. The molecule has 0 bridgehead atoms. The largest absolute Gasteiger partial charge is 0.375 e. The lowest BCUT2D eigenvalue weighted by Crippen LogP contribution is -2.49. The lowest BCUT2D eigenvalue weighted by Gasteiger charge is -2.31. The van der Waals surface area contributed by atoms with Crippen LogP contribution in [0, 0.1) is 0 Å². The highest BCUT2D eigenvalue weighted by Gasteiger charge is 2.20. The maximum atomic E-state index is 11.9. The molecule has 6 nitrogen and oxygen atoms in total. The summed E-state index contributed by atoms with van der Waals surface area (Å²) in [7, 11) is 0. The van der Waals surface area contributed by atoms with Gasteiger partial charge in [0.25, 0.3) is 0 Å². The molecule has 21 heavy (non-hydrogen) atoms. The molecule has 1 fully saturated rings. The van der Waals surface area contributed by atoms with Gasteiger partial charge in [-0.3, -0.25) is 0 Å². The average Bonchev–Trinajstić information content (AvgIpc) is 2.45. The van der Waals surface area contributed by atoms with Crippen molar-refractivity contribution in [1.82, 2.24) is 15.2 Å². The summed E-state index contributed by atoms with van der Waals surface area (Å²) < 4.78 is 5.40. The molecule has 1 aliphatic heterocycles. The topological polar surface area (TPSA) is 66.5 Å². The zero-order valence-electron chi connectivity index (χ0n) is 11.7. The second-order valence-electron chi connectivity index (χ2n) is 4.77. The van der Waals surface area contributed by atoms with Gasteiger partial charge in [-0.15, -0.1) is 0 Å². The number of pyridine rings is 1. The van der Waals surface area contributed by atoms with Gasteiger partial charge in [0.2, 0.25) is 0 Å². The van der Waals surface area contributed by atoms with Crippen LogP contribution < -0.4 is 10.6 Å². The summed E-state index contributed by atoms with van der Waals surface area (Å²) in [6.45, 7) is 4.77. The van der Waals surface area contributed by atoms with E-state index in [1.54, 1.807) is 11.0 Å². The van der Waals surface area contributed by atoms with Gasteiger partial charge in [-0.2, -0.15) is 0 Å². The quantitative estimate of drug-likeness (QED) is 0.830. The summed E-state index contributed by atoms with van der Waals surface area (Å²) in [6, 6.07) is 1.54. The fraction of sp³-hybridized carbons (Fsp3) is 0.538. The molecule has 8 heteroatoms. The van der Waals surface area contributed by atoms with Gasteiger partial charge in [-0.1, -0.05) is 23.2 Å². The van der Waals surface area contributed by atoms with Gasteiger partial charge < -0.3 is 20.3 Å². The number of rotatable bonds is 4. The Kier molecular flexibility index (Phi) is 5.90. The van der Waals surface area contributed by atoms with Gasteiger partial charge in [0.15, 0.2) is 0 Å². The lowest BCUT2D eigenvalue weighted by atomic mass is 10.3. The first-order valence-corrected chi connectivity index (χ1v) is 7.51. The van der Waals surface area contributed by atoms with Crippen LogP contribution in [0.25, 0.3) is 0 Å². The van der Waals surface area contributed by atoms with Gasteiger partial charge in [-0.25, -0.2) is 9.78 Å². The van der Waals surface area contributed by atoms with Crippen LogP contribution in [0.15, 0.2) is 12.3 Å². The number of amides is 2. The van der Waals surface area contributed by atoms with Crippen LogP contribution >= 0.6 is 23.2 Å².